The SMILES string of the molecule is CCN(C[C@@H]1COc2ccccc2O1)C(=S)NCc1ccccc1. The van der Waals surface area contributed by atoms with Crippen molar-refractivity contribution in [2.75, 3.05) is 19.7 Å². The molecule has 0 bridgehead atoms. The maximum absolute atomic E-state index is 6.02. The van der Waals surface area contributed by atoms with Crippen molar-refractivity contribution in [1.29, 1.82) is 0 Å². The lowest BCUT2D eigenvalue weighted by atomic mass is 10.2. The van der Waals surface area contributed by atoms with E-state index in [1.54, 1.807) is 0 Å². The monoisotopic (exact) mass is 342 g/mol. The van der Waals surface area contributed by atoms with Gasteiger partial charge >= 0.3 is 0 Å². The number of nitrogens with zero attached hydrogens (tertiary/aromatic N) is 1. The first-order valence-electron chi connectivity index (χ1n) is 8.21. The van der Waals surface area contributed by atoms with Crippen molar-refractivity contribution in [3.05, 3.63) is 60.2 Å². The number of hydrogen-bond acceptors (Lipinski definition) is 3. The molecule has 4 nitrogen and oxygen atoms in total. The molecule has 0 unspecified atom stereocenters. The van der Waals surface area contributed by atoms with Gasteiger partial charge < -0.3 is 19.7 Å². The minimum atomic E-state index is -0.0312. The predicted molar refractivity (Wildman–Crippen MR) is 99.5 cm³/mol. The molecule has 1 aliphatic rings. The molecular formula is C19H22N2O2S. The van der Waals surface area contributed by atoms with Crippen LogP contribution in [0.15, 0.2) is 54.6 Å². The average molecular weight is 342 g/mol. The van der Waals surface area contributed by atoms with Gasteiger partial charge in [0, 0.05) is 13.1 Å². The lowest BCUT2D eigenvalue weighted by Gasteiger charge is -2.32. The Balaban J connectivity index is 1.54. The van der Waals surface area contributed by atoms with Gasteiger partial charge in [0.1, 0.15) is 6.61 Å². The van der Waals surface area contributed by atoms with Crippen LogP contribution in [0.4, 0.5) is 0 Å². The fraction of sp³-hybridized carbons (Fsp3) is 0.316. The second kappa shape index (κ2) is 8.02. The van der Waals surface area contributed by atoms with E-state index in [2.05, 4.69) is 29.3 Å². The molecule has 0 saturated heterocycles. The summed E-state index contributed by atoms with van der Waals surface area (Å²) in [5, 5.41) is 4.06. The highest BCUT2D eigenvalue weighted by Gasteiger charge is 2.23. The number of fused-ring (bicyclic) bond motifs is 1. The van der Waals surface area contributed by atoms with E-state index in [1.807, 2.05) is 42.5 Å². The zero-order valence-corrected chi connectivity index (χ0v) is 14.6. The molecule has 1 aliphatic heterocycles. The summed E-state index contributed by atoms with van der Waals surface area (Å²) in [6.45, 7) is 4.87. The molecule has 0 aromatic heterocycles. The van der Waals surface area contributed by atoms with Crippen LogP contribution in [-0.2, 0) is 6.54 Å². The molecule has 3 rings (SSSR count). The Labute approximate surface area is 148 Å². The van der Waals surface area contributed by atoms with Crippen LogP contribution in [0.1, 0.15) is 12.5 Å². The number of para-hydroxylation sites is 2. The Kier molecular flexibility index (Phi) is 5.54. The van der Waals surface area contributed by atoms with E-state index >= 15 is 0 Å². The topological polar surface area (TPSA) is 33.7 Å². The molecule has 1 N–H and O–H groups in total. The number of thiocarbonyl (C=S) groups is 1. The minimum absolute atomic E-state index is 0.0312. The molecule has 0 aliphatic carbocycles. The predicted octanol–water partition coefficient (Wildman–Crippen LogP) is 3.22. The second-order valence-electron chi connectivity index (χ2n) is 5.68. The maximum atomic E-state index is 6.02. The molecule has 5 heteroatoms. The van der Waals surface area contributed by atoms with Gasteiger partial charge in [0.05, 0.1) is 6.54 Å². The number of ether oxygens (including phenoxy) is 2. The molecule has 0 saturated carbocycles. The van der Waals surface area contributed by atoms with E-state index < -0.39 is 0 Å². The fourth-order valence-corrected chi connectivity index (χ4v) is 2.92. The average Bonchev–Trinajstić information content (AvgIpc) is 2.65. The molecule has 24 heavy (non-hydrogen) atoms. The number of likely N-dealkylation sites (N-methyl/N-ethyl adjacent to an activating group) is 1. The third kappa shape index (κ3) is 4.17. The van der Waals surface area contributed by atoms with E-state index in [-0.39, 0.29) is 6.10 Å². The normalized spacial score (nSPS) is 15.6. The number of rotatable bonds is 5. The van der Waals surface area contributed by atoms with Gasteiger partial charge in [-0.15, -0.1) is 0 Å². The van der Waals surface area contributed by atoms with Crippen molar-refractivity contribution in [2.45, 2.75) is 19.6 Å². The van der Waals surface area contributed by atoms with Crippen LogP contribution < -0.4 is 14.8 Å². The first kappa shape index (κ1) is 16.6. The Bertz CT molecular complexity index is 678. The largest absolute Gasteiger partial charge is 0.486 e. The van der Waals surface area contributed by atoms with Crippen molar-refractivity contribution in [3.63, 3.8) is 0 Å². The fourth-order valence-electron chi connectivity index (χ4n) is 2.64. The third-order valence-corrected chi connectivity index (χ3v) is 4.35. The maximum Gasteiger partial charge on any atom is 0.169 e. The summed E-state index contributed by atoms with van der Waals surface area (Å²) in [5.41, 5.74) is 1.21. The molecule has 1 heterocycles. The molecule has 0 spiro atoms. The smallest absolute Gasteiger partial charge is 0.169 e. The van der Waals surface area contributed by atoms with Gasteiger partial charge in [-0.05, 0) is 36.8 Å². The van der Waals surface area contributed by atoms with Crippen LogP contribution in [0.3, 0.4) is 0 Å². The van der Waals surface area contributed by atoms with Crippen molar-refractivity contribution in [3.8, 4) is 11.5 Å². The summed E-state index contributed by atoms with van der Waals surface area (Å²) in [7, 11) is 0. The van der Waals surface area contributed by atoms with Crippen LogP contribution in [0.5, 0.6) is 11.5 Å². The first-order chi connectivity index (χ1) is 11.8. The Morgan fingerprint density at radius 1 is 1.12 bits per heavy atom. The molecule has 0 amide bonds. The molecule has 2 aromatic carbocycles. The van der Waals surface area contributed by atoms with Gasteiger partial charge in [-0.25, -0.2) is 0 Å². The Morgan fingerprint density at radius 2 is 1.83 bits per heavy atom. The van der Waals surface area contributed by atoms with E-state index in [1.165, 1.54) is 5.56 Å². The molecular weight excluding hydrogens is 320 g/mol. The van der Waals surface area contributed by atoms with E-state index in [0.29, 0.717) is 13.2 Å². The first-order valence-corrected chi connectivity index (χ1v) is 8.62. The van der Waals surface area contributed by atoms with Crippen LogP contribution in [0.2, 0.25) is 0 Å². The van der Waals surface area contributed by atoms with Crippen molar-refractivity contribution < 1.29 is 9.47 Å². The Hall–Kier alpha value is -2.27. The summed E-state index contributed by atoms with van der Waals surface area (Å²) >= 11 is 5.54. The summed E-state index contributed by atoms with van der Waals surface area (Å²) < 4.78 is 11.8. The van der Waals surface area contributed by atoms with Gasteiger partial charge in [0.2, 0.25) is 0 Å². The van der Waals surface area contributed by atoms with E-state index in [9.17, 15) is 0 Å². The minimum Gasteiger partial charge on any atom is -0.486 e. The molecule has 0 radical (unpaired) electrons. The number of hydrogen-bond donors (Lipinski definition) is 1. The van der Waals surface area contributed by atoms with E-state index in [4.69, 9.17) is 21.7 Å². The van der Waals surface area contributed by atoms with Crippen LogP contribution in [0, 0.1) is 0 Å². The lowest BCUT2D eigenvalue weighted by molar-refractivity contribution is 0.0748. The van der Waals surface area contributed by atoms with Crippen molar-refractivity contribution in [2.24, 2.45) is 0 Å². The number of benzene rings is 2. The Morgan fingerprint density at radius 3 is 2.58 bits per heavy atom. The summed E-state index contributed by atoms with van der Waals surface area (Å²) in [6, 6.07) is 18.0. The summed E-state index contributed by atoms with van der Waals surface area (Å²) in [5.74, 6) is 1.61. The zero-order valence-electron chi connectivity index (χ0n) is 13.8. The summed E-state index contributed by atoms with van der Waals surface area (Å²) in [6.07, 6.45) is -0.0312. The van der Waals surface area contributed by atoms with Gasteiger partial charge in [-0.3, -0.25) is 0 Å². The van der Waals surface area contributed by atoms with E-state index in [0.717, 1.165) is 29.7 Å². The van der Waals surface area contributed by atoms with Crippen molar-refractivity contribution in [1.82, 2.24) is 10.2 Å². The third-order valence-electron chi connectivity index (χ3n) is 3.95. The highest BCUT2D eigenvalue weighted by Crippen LogP contribution is 2.30. The lowest BCUT2D eigenvalue weighted by Crippen LogP contribution is -2.47. The van der Waals surface area contributed by atoms with Crippen molar-refractivity contribution >= 4 is 17.3 Å². The van der Waals surface area contributed by atoms with Gasteiger partial charge in [0.15, 0.2) is 22.7 Å². The standard InChI is InChI=1S/C19H22N2O2S/c1-2-21(19(24)20-12-15-8-4-3-5-9-15)13-16-14-22-17-10-6-7-11-18(17)23-16/h3-11,16H,2,12-14H2,1H3,(H,20,24)/t16-/m1/s1. The number of nitrogens with one attached hydrogen (secondary N) is 1. The molecule has 1 atom stereocenters. The van der Waals surface area contributed by atoms with Gasteiger partial charge in [-0.2, -0.15) is 0 Å². The van der Waals surface area contributed by atoms with Crippen LogP contribution in [-0.4, -0.2) is 35.8 Å². The van der Waals surface area contributed by atoms with Crippen LogP contribution >= 0.6 is 12.2 Å². The van der Waals surface area contributed by atoms with Gasteiger partial charge in [-0.1, -0.05) is 42.5 Å². The molecule has 0 fully saturated rings. The molecule has 2 aromatic rings. The second-order valence-corrected chi connectivity index (χ2v) is 6.07. The van der Waals surface area contributed by atoms with Gasteiger partial charge in [0.25, 0.3) is 0 Å². The zero-order chi connectivity index (χ0) is 16.8. The quantitative estimate of drug-likeness (QED) is 0.844. The molecule has 126 valence electrons. The summed E-state index contributed by atoms with van der Waals surface area (Å²) in [4.78, 5) is 2.11. The van der Waals surface area contributed by atoms with Crippen LogP contribution in [0.25, 0.3) is 0 Å². The highest BCUT2D eigenvalue weighted by molar-refractivity contribution is 7.80. The highest BCUT2D eigenvalue weighted by atomic mass is 32.1.